The number of benzene rings is 1. The molecule has 9 nitrogen and oxygen atoms in total. The molecule has 0 aliphatic heterocycles. The Morgan fingerprint density at radius 1 is 1.03 bits per heavy atom. The number of hydrogen-bond acceptors (Lipinski definition) is 6. The Morgan fingerprint density at radius 2 is 1.59 bits per heavy atom. The van der Waals surface area contributed by atoms with E-state index in [9.17, 15) is 24.3 Å². The second-order valence-corrected chi connectivity index (χ2v) is 12.5. The van der Waals surface area contributed by atoms with E-state index in [0.717, 1.165) is 12.0 Å². The van der Waals surface area contributed by atoms with Crippen molar-refractivity contribution in [2.75, 3.05) is 14.1 Å². The van der Waals surface area contributed by atoms with E-state index in [1.165, 1.54) is 4.90 Å². The highest BCUT2D eigenvalue weighted by atomic mass is 16.6. The topological polar surface area (TPSA) is 122 Å². The predicted molar refractivity (Wildman–Crippen MR) is 135 cm³/mol. The summed E-state index contributed by atoms with van der Waals surface area (Å²) in [6.45, 7) is 5.31. The maximum absolute atomic E-state index is 13.8. The molecule has 4 bridgehead atoms. The molecule has 2 N–H and O–H groups in total. The fourth-order valence-electron chi connectivity index (χ4n) is 6.78. The van der Waals surface area contributed by atoms with Crippen LogP contribution in [0.1, 0.15) is 64.9 Å². The van der Waals surface area contributed by atoms with E-state index in [4.69, 9.17) is 9.47 Å². The number of amides is 2. The van der Waals surface area contributed by atoms with Gasteiger partial charge in [0.1, 0.15) is 17.4 Å². The molecule has 1 aromatic carbocycles. The summed E-state index contributed by atoms with van der Waals surface area (Å²) < 4.78 is 10.9. The lowest BCUT2D eigenvalue weighted by Gasteiger charge is -2.59. The van der Waals surface area contributed by atoms with E-state index in [2.05, 4.69) is 5.32 Å². The van der Waals surface area contributed by atoms with Gasteiger partial charge < -0.3 is 24.8 Å². The van der Waals surface area contributed by atoms with Crippen LogP contribution < -0.4 is 10.1 Å². The SMILES string of the molecule is CN(C)C(=O)Oc1ccc(C[C@H](NC(=O)C23CC4CC(CC(C(=O)O)(C4)C2)C3)C(=O)OC(C)(C)C)cc1. The van der Waals surface area contributed by atoms with Crippen LogP contribution in [0, 0.1) is 22.7 Å². The van der Waals surface area contributed by atoms with Crippen LogP contribution in [-0.2, 0) is 25.5 Å². The van der Waals surface area contributed by atoms with E-state index in [-0.39, 0.29) is 24.2 Å². The van der Waals surface area contributed by atoms with Gasteiger partial charge in [0.05, 0.1) is 10.8 Å². The highest BCUT2D eigenvalue weighted by molar-refractivity contribution is 5.90. The highest BCUT2D eigenvalue weighted by Crippen LogP contribution is 2.65. The van der Waals surface area contributed by atoms with Gasteiger partial charge in [0.15, 0.2) is 0 Å². The average molecular weight is 515 g/mol. The van der Waals surface area contributed by atoms with Crippen molar-refractivity contribution in [2.45, 2.75) is 77.4 Å². The molecule has 37 heavy (non-hydrogen) atoms. The summed E-state index contributed by atoms with van der Waals surface area (Å²) in [5.41, 5.74) is -1.60. The maximum Gasteiger partial charge on any atom is 0.414 e. The standard InChI is InChI=1S/C28H38N2O7/c1-26(2,3)37-22(31)21(11-17-6-8-20(9-7-17)36-25(35)30(4)5)29-23(32)27-12-18-10-19(13-27)15-28(14-18,16-27)24(33)34/h6-9,18-19,21H,10-16H2,1-5H3,(H,29,32)(H,33,34)/t18?,19?,21-,27?,28?/m0/s1. The molecule has 5 rings (SSSR count). The van der Waals surface area contributed by atoms with Crippen LogP contribution in [0.4, 0.5) is 4.79 Å². The lowest BCUT2D eigenvalue weighted by Crippen LogP contribution is -2.61. The molecule has 9 heteroatoms. The van der Waals surface area contributed by atoms with Crippen molar-refractivity contribution < 1.29 is 33.8 Å². The molecule has 4 aliphatic rings. The van der Waals surface area contributed by atoms with E-state index in [1.54, 1.807) is 59.1 Å². The molecule has 4 fully saturated rings. The Hall–Kier alpha value is -3.10. The van der Waals surface area contributed by atoms with Crippen LogP contribution in [0.5, 0.6) is 5.75 Å². The van der Waals surface area contributed by atoms with E-state index in [0.29, 0.717) is 37.9 Å². The molecule has 2 amide bonds. The first kappa shape index (κ1) is 26.9. The first-order chi connectivity index (χ1) is 17.2. The van der Waals surface area contributed by atoms with Crippen molar-refractivity contribution in [3.05, 3.63) is 29.8 Å². The first-order valence-electron chi connectivity index (χ1n) is 13.0. The number of hydrogen-bond donors (Lipinski definition) is 2. The molecule has 4 aliphatic carbocycles. The van der Waals surface area contributed by atoms with E-state index < -0.39 is 40.5 Å². The molecule has 0 saturated heterocycles. The smallest absolute Gasteiger partial charge is 0.414 e. The molecule has 3 atom stereocenters. The zero-order chi connectivity index (χ0) is 27.2. The van der Waals surface area contributed by atoms with Crippen molar-refractivity contribution >= 4 is 23.9 Å². The highest BCUT2D eigenvalue weighted by Gasteiger charge is 2.63. The maximum atomic E-state index is 13.8. The number of carboxylic acid groups (broad SMARTS) is 1. The van der Waals surface area contributed by atoms with Crippen LogP contribution in [0.3, 0.4) is 0 Å². The first-order valence-corrected chi connectivity index (χ1v) is 13.0. The lowest BCUT2D eigenvalue weighted by molar-refractivity contribution is -0.180. The number of carbonyl (C=O) groups excluding carboxylic acids is 3. The Balaban J connectivity index is 1.53. The summed E-state index contributed by atoms with van der Waals surface area (Å²) in [6, 6.07) is 5.83. The van der Waals surface area contributed by atoms with Crippen molar-refractivity contribution in [1.29, 1.82) is 0 Å². The largest absolute Gasteiger partial charge is 0.481 e. The number of aliphatic carboxylic acids is 1. The number of ether oxygens (including phenoxy) is 2. The minimum absolute atomic E-state index is 0.190. The monoisotopic (exact) mass is 514 g/mol. The molecular formula is C28H38N2O7. The zero-order valence-electron chi connectivity index (χ0n) is 22.3. The minimum Gasteiger partial charge on any atom is -0.481 e. The van der Waals surface area contributed by atoms with Gasteiger partial charge in [0.25, 0.3) is 0 Å². The van der Waals surface area contributed by atoms with Crippen LogP contribution >= 0.6 is 0 Å². The number of esters is 1. The van der Waals surface area contributed by atoms with Gasteiger partial charge in [-0.3, -0.25) is 9.59 Å². The molecule has 202 valence electrons. The van der Waals surface area contributed by atoms with Crippen LogP contribution in [0.15, 0.2) is 24.3 Å². The summed E-state index contributed by atoms with van der Waals surface area (Å²) in [5, 5.41) is 13.0. The number of nitrogens with one attached hydrogen (secondary N) is 1. The number of carboxylic acids is 1. The van der Waals surface area contributed by atoms with Crippen molar-refractivity contribution in [2.24, 2.45) is 22.7 Å². The summed E-state index contributed by atoms with van der Waals surface area (Å²) >= 11 is 0. The summed E-state index contributed by atoms with van der Waals surface area (Å²) in [4.78, 5) is 52.3. The van der Waals surface area contributed by atoms with Gasteiger partial charge in [0.2, 0.25) is 5.91 Å². The third-order valence-corrected chi connectivity index (χ3v) is 7.93. The molecule has 0 radical (unpaired) electrons. The fraction of sp³-hybridized carbons (Fsp3) is 0.643. The third kappa shape index (κ3) is 5.75. The molecule has 0 heterocycles. The fourth-order valence-corrected chi connectivity index (χ4v) is 6.78. The van der Waals surface area contributed by atoms with Gasteiger partial charge in [-0.25, -0.2) is 9.59 Å². The van der Waals surface area contributed by atoms with Crippen LogP contribution in [0.2, 0.25) is 0 Å². The normalized spacial score (nSPS) is 28.8. The lowest BCUT2D eigenvalue weighted by atomic mass is 9.44. The van der Waals surface area contributed by atoms with Crippen LogP contribution in [-0.4, -0.2) is 59.7 Å². The molecule has 4 saturated carbocycles. The van der Waals surface area contributed by atoms with Crippen molar-refractivity contribution in [1.82, 2.24) is 10.2 Å². The van der Waals surface area contributed by atoms with Gasteiger partial charge in [-0.2, -0.15) is 0 Å². The van der Waals surface area contributed by atoms with Crippen molar-refractivity contribution in [3.63, 3.8) is 0 Å². The number of carbonyl (C=O) groups is 4. The van der Waals surface area contributed by atoms with E-state index in [1.807, 2.05) is 0 Å². The van der Waals surface area contributed by atoms with Gasteiger partial charge in [-0.15, -0.1) is 0 Å². The Kier molecular flexibility index (Phi) is 7.03. The van der Waals surface area contributed by atoms with E-state index >= 15 is 0 Å². The van der Waals surface area contributed by atoms with Crippen molar-refractivity contribution in [3.8, 4) is 5.75 Å². The summed E-state index contributed by atoms with van der Waals surface area (Å²) in [5.74, 6) is -0.785. The molecule has 2 unspecified atom stereocenters. The second kappa shape index (κ2) is 9.65. The molecule has 1 aromatic rings. The number of rotatable bonds is 7. The van der Waals surface area contributed by atoms with Gasteiger partial charge in [-0.1, -0.05) is 12.1 Å². The summed E-state index contributed by atoms with van der Waals surface area (Å²) in [7, 11) is 3.18. The second-order valence-electron chi connectivity index (χ2n) is 12.5. The number of nitrogens with zero attached hydrogens (tertiary/aromatic N) is 1. The zero-order valence-corrected chi connectivity index (χ0v) is 22.3. The Labute approximate surface area is 217 Å². The Morgan fingerprint density at radius 3 is 2.11 bits per heavy atom. The molecule has 0 aromatic heterocycles. The molecule has 0 spiro atoms. The Bertz CT molecular complexity index is 1060. The quantitative estimate of drug-likeness (QED) is 0.531. The summed E-state index contributed by atoms with van der Waals surface area (Å²) in [6.07, 6.45) is 3.58. The molecular weight excluding hydrogens is 476 g/mol. The third-order valence-electron chi connectivity index (χ3n) is 7.93. The average Bonchev–Trinajstić information content (AvgIpc) is 2.77. The minimum atomic E-state index is -0.935. The van der Waals surface area contributed by atoms with Crippen LogP contribution in [0.25, 0.3) is 0 Å². The van der Waals surface area contributed by atoms with Gasteiger partial charge in [-0.05, 0) is 88.8 Å². The van der Waals surface area contributed by atoms with Gasteiger partial charge in [0, 0.05) is 20.5 Å². The predicted octanol–water partition coefficient (Wildman–Crippen LogP) is 3.79. The van der Waals surface area contributed by atoms with Gasteiger partial charge >= 0.3 is 18.0 Å².